The lowest BCUT2D eigenvalue weighted by Crippen LogP contribution is -2.16. The maximum absolute atomic E-state index is 12.7. The number of methoxy groups -OCH3 is 1. The number of nitrogens with one attached hydrogen (secondary N) is 1. The van der Waals surface area contributed by atoms with Gasteiger partial charge in [-0.05, 0) is 23.3 Å². The van der Waals surface area contributed by atoms with Crippen LogP contribution in [-0.4, -0.2) is 17.9 Å². The number of amides is 1. The number of nitro groups is 1. The molecule has 0 aliphatic heterocycles. The Labute approximate surface area is 162 Å². The summed E-state index contributed by atoms with van der Waals surface area (Å²) in [5.74, 6) is -0.192. The van der Waals surface area contributed by atoms with Crippen molar-refractivity contribution in [2.75, 3.05) is 12.4 Å². The van der Waals surface area contributed by atoms with Crippen LogP contribution in [0.5, 0.6) is 5.75 Å². The van der Waals surface area contributed by atoms with E-state index in [4.69, 9.17) is 4.74 Å². The molecule has 142 valence electrons. The van der Waals surface area contributed by atoms with Crippen molar-refractivity contribution in [3.8, 4) is 5.75 Å². The maximum atomic E-state index is 12.7. The van der Waals surface area contributed by atoms with Crippen LogP contribution >= 0.6 is 0 Å². The summed E-state index contributed by atoms with van der Waals surface area (Å²) >= 11 is 0. The molecule has 0 unspecified atom stereocenters. The topological polar surface area (TPSA) is 81.5 Å². The van der Waals surface area contributed by atoms with Crippen LogP contribution in [0.15, 0.2) is 78.9 Å². The molecule has 28 heavy (non-hydrogen) atoms. The SMILES string of the molecule is COc1ccc(NC(=O)CC(c2ccccc2)c2ccccc2)cc1[N+](=O)[O-]. The van der Waals surface area contributed by atoms with Gasteiger partial charge in [0.15, 0.2) is 5.75 Å². The van der Waals surface area contributed by atoms with Gasteiger partial charge in [0.1, 0.15) is 0 Å². The third kappa shape index (κ3) is 4.54. The number of hydrogen-bond donors (Lipinski definition) is 1. The molecule has 3 rings (SSSR count). The number of carbonyl (C=O) groups is 1. The summed E-state index contributed by atoms with van der Waals surface area (Å²) in [7, 11) is 1.37. The number of ether oxygens (including phenoxy) is 1. The van der Waals surface area contributed by atoms with E-state index < -0.39 is 4.92 Å². The zero-order valence-corrected chi connectivity index (χ0v) is 15.4. The fourth-order valence-electron chi connectivity index (χ4n) is 3.11. The highest BCUT2D eigenvalue weighted by Gasteiger charge is 2.20. The molecule has 0 bridgehead atoms. The van der Waals surface area contributed by atoms with Crippen molar-refractivity contribution < 1.29 is 14.5 Å². The third-order valence-corrected chi connectivity index (χ3v) is 4.45. The van der Waals surface area contributed by atoms with Crippen LogP contribution in [0.25, 0.3) is 0 Å². The van der Waals surface area contributed by atoms with Crippen molar-refractivity contribution in [1.82, 2.24) is 0 Å². The first-order chi connectivity index (χ1) is 13.6. The van der Waals surface area contributed by atoms with Gasteiger partial charge in [-0.15, -0.1) is 0 Å². The molecule has 0 radical (unpaired) electrons. The van der Waals surface area contributed by atoms with Crippen LogP contribution < -0.4 is 10.1 Å². The van der Waals surface area contributed by atoms with Crippen molar-refractivity contribution in [3.63, 3.8) is 0 Å². The molecular formula is C22H20N2O4. The van der Waals surface area contributed by atoms with Gasteiger partial charge < -0.3 is 10.1 Å². The van der Waals surface area contributed by atoms with E-state index >= 15 is 0 Å². The van der Waals surface area contributed by atoms with Crippen LogP contribution in [0.1, 0.15) is 23.5 Å². The number of hydrogen-bond acceptors (Lipinski definition) is 4. The molecule has 3 aromatic rings. The smallest absolute Gasteiger partial charge is 0.312 e. The lowest BCUT2D eigenvalue weighted by molar-refractivity contribution is -0.385. The zero-order valence-electron chi connectivity index (χ0n) is 15.4. The second-order valence-corrected chi connectivity index (χ2v) is 6.27. The summed E-state index contributed by atoms with van der Waals surface area (Å²) in [6.07, 6.45) is 0.216. The molecule has 0 spiro atoms. The molecule has 0 atom stereocenters. The van der Waals surface area contributed by atoms with E-state index in [-0.39, 0.29) is 29.7 Å². The van der Waals surface area contributed by atoms with Crippen molar-refractivity contribution in [2.24, 2.45) is 0 Å². The second-order valence-electron chi connectivity index (χ2n) is 6.27. The number of nitrogens with zero attached hydrogens (tertiary/aromatic N) is 1. The van der Waals surface area contributed by atoms with Gasteiger partial charge in [0.25, 0.3) is 0 Å². The first-order valence-electron chi connectivity index (χ1n) is 8.80. The minimum absolute atomic E-state index is 0.115. The second kappa shape index (κ2) is 8.81. The number of nitro benzene ring substituents is 1. The van der Waals surface area contributed by atoms with E-state index in [1.54, 1.807) is 6.07 Å². The molecule has 1 N–H and O–H groups in total. The largest absolute Gasteiger partial charge is 0.490 e. The highest BCUT2D eigenvalue weighted by molar-refractivity contribution is 5.92. The van der Waals surface area contributed by atoms with Gasteiger partial charge in [-0.2, -0.15) is 0 Å². The summed E-state index contributed by atoms with van der Waals surface area (Å²) in [5, 5.41) is 13.9. The first kappa shape index (κ1) is 19.1. The lowest BCUT2D eigenvalue weighted by Gasteiger charge is -2.18. The Morgan fingerprint density at radius 2 is 1.57 bits per heavy atom. The standard InChI is InChI=1S/C22H20N2O4/c1-28-21-13-12-18(14-20(21)24(26)27)23-22(25)15-19(16-8-4-2-5-9-16)17-10-6-3-7-11-17/h2-14,19H,15H2,1H3,(H,23,25). The molecule has 0 fully saturated rings. The monoisotopic (exact) mass is 376 g/mol. The van der Waals surface area contributed by atoms with E-state index in [9.17, 15) is 14.9 Å². The summed E-state index contributed by atoms with van der Waals surface area (Å²) in [6, 6.07) is 23.9. The lowest BCUT2D eigenvalue weighted by atomic mass is 9.88. The first-order valence-corrected chi connectivity index (χ1v) is 8.80. The molecule has 0 saturated carbocycles. The van der Waals surface area contributed by atoms with Gasteiger partial charge in [0.2, 0.25) is 5.91 Å². The molecule has 0 saturated heterocycles. The van der Waals surface area contributed by atoms with Crippen molar-refractivity contribution in [2.45, 2.75) is 12.3 Å². The molecule has 1 amide bonds. The van der Waals surface area contributed by atoms with Gasteiger partial charge in [0, 0.05) is 24.1 Å². The predicted molar refractivity (Wildman–Crippen MR) is 108 cm³/mol. The fraction of sp³-hybridized carbons (Fsp3) is 0.136. The normalized spacial score (nSPS) is 10.5. The Hall–Kier alpha value is -3.67. The molecule has 6 nitrogen and oxygen atoms in total. The van der Waals surface area contributed by atoms with Crippen molar-refractivity contribution >= 4 is 17.3 Å². The Bertz CT molecular complexity index is 919. The average molecular weight is 376 g/mol. The van der Waals surface area contributed by atoms with Crippen LogP contribution in [0.2, 0.25) is 0 Å². The minimum Gasteiger partial charge on any atom is -0.490 e. The molecule has 0 heterocycles. The Balaban J connectivity index is 1.81. The summed E-state index contributed by atoms with van der Waals surface area (Å²) in [4.78, 5) is 23.3. The molecule has 0 aliphatic carbocycles. The summed E-state index contributed by atoms with van der Waals surface area (Å²) in [5.41, 5.74) is 2.23. The fourth-order valence-corrected chi connectivity index (χ4v) is 3.11. The number of rotatable bonds is 7. The summed E-state index contributed by atoms with van der Waals surface area (Å²) < 4.78 is 4.99. The molecule has 0 aliphatic rings. The molecule has 0 aromatic heterocycles. The van der Waals surface area contributed by atoms with Crippen LogP contribution in [0, 0.1) is 10.1 Å². The minimum atomic E-state index is -0.536. The van der Waals surface area contributed by atoms with E-state index in [2.05, 4.69) is 5.32 Å². The molecular weight excluding hydrogens is 356 g/mol. The van der Waals surface area contributed by atoms with E-state index in [1.807, 2.05) is 60.7 Å². The molecule has 3 aromatic carbocycles. The van der Waals surface area contributed by atoms with Gasteiger partial charge >= 0.3 is 5.69 Å². The zero-order chi connectivity index (χ0) is 19.9. The van der Waals surface area contributed by atoms with Gasteiger partial charge in [0.05, 0.1) is 12.0 Å². The van der Waals surface area contributed by atoms with Gasteiger partial charge in [-0.25, -0.2) is 0 Å². The van der Waals surface area contributed by atoms with E-state index in [1.165, 1.54) is 19.2 Å². The van der Waals surface area contributed by atoms with Gasteiger partial charge in [-0.1, -0.05) is 60.7 Å². The van der Waals surface area contributed by atoms with Crippen molar-refractivity contribution in [3.05, 3.63) is 100 Å². The highest BCUT2D eigenvalue weighted by Crippen LogP contribution is 2.31. The van der Waals surface area contributed by atoms with Crippen LogP contribution in [0.4, 0.5) is 11.4 Å². The van der Waals surface area contributed by atoms with Crippen molar-refractivity contribution in [1.29, 1.82) is 0 Å². The summed E-state index contributed by atoms with van der Waals surface area (Å²) in [6.45, 7) is 0. The average Bonchev–Trinajstić information content (AvgIpc) is 2.73. The van der Waals surface area contributed by atoms with E-state index in [0.29, 0.717) is 5.69 Å². The predicted octanol–water partition coefficient (Wildman–Crippen LogP) is 4.76. The highest BCUT2D eigenvalue weighted by atomic mass is 16.6. The van der Waals surface area contributed by atoms with Crippen LogP contribution in [0.3, 0.4) is 0 Å². The number of benzene rings is 3. The van der Waals surface area contributed by atoms with E-state index in [0.717, 1.165) is 11.1 Å². The van der Waals surface area contributed by atoms with Gasteiger partial charge in [-0.3, -0.25) is 14.9 Å². The number of carbonyl (C=O) groups excluding carboxylic acids is 1. The third-order valence-electron chi connectivity index (χ3n) is 4.45. The number of anilines is 1. The molecule has 6 heteroatoms. The Kier molecular flexibility index (Phi) is 6.01. The maximum Gasteiger partial charge on any atom is 0.312 e. The van der Waals surface area contributed by atoms with Crippen LogP contribution in [-0.2, 0) is 4.79 Å². The Morgan fingerprint density at radius 1 is 1.00 bits per heavy atom. The quantitative estimate of drug-likeness (QED) is 0.476. The Morgan fingerprint density at radius 3 is 2.07 bits per heavy atom.